The van der Waals surface area contributed by atoms with Gasteiger partial charge in [0.1, 0.15) is 18.1 Å². The van der Waals surface area contributed by atoms with E-state index < -0.39 is 60.2 Å². The fourth-order valence-corrected chi connectivity index (χ4v) is 4.38. The summed E-state index contributed by atoms with van der Waals surface area (Å²) in [6.07, 6.45) is 1.77. The van der Waals surface area contributed by atoms with Crippen LogP contribution >= 0.6 is 0 Å². The number of carbonyl (C=O) groups is 5. The number of H-pyrrole nitrogens is 1. The third kappa shape index (κ3) is 9.99. The summed E-state index contributed by atoms with van der Waals surface area (Å²) in [6, 6.07) is 3.21. The number of hydrogen-bond donors (Lipinski definition) is 7. The van der Waals surface area contributed by atoms with Crippen molar-refractivity contribution in [3.63, 3.8) is 0 Å². The fourth-order valence-electron chi connectivity index (χ4n) is 4.38. The Kier molecular flexibility index (Phi) is 12.1. The SMILES string of the molecule is CC(C)CC(NC(=O)C(N)Cc1c[nH]c2ccccc12)C(=O)NC(CC(C)C)C(=O)NC(CCC(=O)O)C(=O)O. The Bertz CT molecular complexity index is 1190. The van der Waals surface area contributed by atoms with E-state index in [0.717, 1.165) is 16.5 Å². The molecule has 0 radical (unpaired) electrons. The lowest BCUT2D eigenvalue weighted by molar-refractivity contribution is -0.143. The Morgan fingerprint density at radius 1 is 0.825 bits per heavy atom. The highest BCUT2D eigenvalue weighted by Crippen LogP contribution is 2.19. The highest BCUT2D eigenvalue weighted by atomic mass is 16.4. The summed E-state index contributed by atoms with van der Waals surface area (Å²) in [5, 5.41) is 27.0. The Morgan fingerprint density at radius 3 is 1.88 bits per heavy atom. The number of carbonyl (C=O) groups excluding carboxylic acids is 3. The number of fused-ring (bicyclic) bond motifs is 1. The lowest BCUT2D eigenvalue weighted by Gasteiger charge is -2.26. The molecule has 0 aliphatic heterocycles. The molecule has 220 valence electrons. The van der Waals surface area contributed by atoms with Crippen LogP contribution in [0.4, 0.5) is 0 Å². The number of aliphatic carboxylic acids is 2. The molecule has 12 nitrogen and oxygen atoms in total. The molecule has 0 bridgehead atoms. The lowest BCUT2D eigenvalue weighted by Crippen LogP contribution is -2.57. The molecule has 0 saturated heterocycles. The standard InChI is InChI=1S/C28H41N5O7/c1-15(2)11-22(32-25(36)19(29)13-17-14-30-20-8-6-5-7-18(17)20)27(38)33-23(12-16(3)4)26(37)31-21(28(39)40)9-10-24(34)35/h5-8,14-16,19,21-23,30H,9-13,29H2,1-4H3,(H,31,37)(H,32,36)(H,33,38)(H,34,35)(H,39,40). The predicted molar refractivity (Wildman–Crippen MR) is 149 cm³/mol. The molecule has 0 spiro atoms. The van der Waals surface area contributed by atoms with Gasteiger partial charge in [0.2, 0.25) is 17.7 Å². The molecule has 0 saturated carbocycles. The second-order valence-corrected chi connectivity index (χ2v) is 10.9. The molecule has 2 aromatic rings. The molecule has 2 rings (SSSR count). The van der Waals surface area contributed by atoms with Crippen LogP contribution in [0.1, 0.15) is 58.9 Å². The molecule has 1 heterocycles. The van der Waals surface area contributed by atoms with E-state index in [-0.39, 0.29) is 37.5 Å². The van der Waals surface area contributed by atoms with Crippen LogP contribution < -0.4 is 21.7 Å². The van der Waals surface area contributed by atoms with Gasteiger partial charge in [-0.2, -0.15) is 0 Å². The summed E-state index contributed by atoms with van der Waals surface area (Å²) in [4.78, 5) is 64.9. The Balaban J connectivity index is 2.12. The van der Waals surface area contributed by atoms with Crippen molar-refractivity contribution in [1.82, 2.24) is 20.9 Å². The van der Waals surface area contributed by atoms with Crippen LogP contribution in [0, 0.1) is 11.8 Å². The Morgan fingerprint density at radius 2 is 1.35 bits per heavy atom. The quantitative estimate of drug-likeness (QED) is 0.160. The van der Waals surface area contributed by atoms with Crippen molar-refractivity contribution in [2.45, 2.75) is 84.0 Å². The smallest absolute Gasteiger partial charge is 0.326 e. The number of carboxylic acid groups (broad SMARTS) is 2. The van der Waals surface area contributed by atoms with Gasteiger partial charge in [-0.05, 0) is 49.1 Å². The maximum absolute atomic E-state index is 13.3. The van der Waals surface area contributed by atoms with E-state index in [2.05, 4.69) is 20.9 Å². The summed E-state index contributed by atoms with van der Waals surface area (Å²) in [7, 11) is 0. The predicted octanol–water partition coefficient (Wildman–Crippen LogP) is 1.53. The van der Waals surface area contributed by atoms with Gasteiger partial charge in [0.25, 0.3) is 0 Å². The van der Waals surface area contributed by atoms with Crippen molar-refractivity contribution >= 4 is 40.6 Å². The van der Waals surface area contributed by atoms with Crippen LogP contribution in [0.5, 0.6) is 0 Å². The zero-order chi connectivity index (χ0) is 30.0. The van der Waals surface area contributed by atoms with Gasteiger partial charge < -0.3 is 36.9 Å². The first kappa shape index (κ1) is 32.3. The number of rotatable bonds is 16. The normalized spacial score (nSPS) is 14.4. The highest BCUT2D eigenvalue weighted by molar-refractivity contribution is 5.94. The number of para-hydroxylation sites is 1. The number of carboxylic acids is 2. The summed E-state index contributed by atoms with van der Waals surface area (Å²) in [5.41, 5.74) is 8.00. The zero-order valence-electron chi connectivity index (χ0n) is 23.4. The number of benzene rings is 1. The van der Waals surface area contributed by atoms with Crippen LogP contribution in [-0.2, 0) is 30.4 Å². The average Bonchev–Trinajstić information content (AvgIpc) is 3.27. The van der Waals surface area contributed by atoms with Crippen molar-refractivity contribution in [2.24, 2.45) is 17.6 Å². The lowest BCUT2D eigenvalue weighted by atomic mass is 9.99. The number of aromatic amines is 1. The van der Waals surface area contributed by atoms with Crippen molar-refractivity contribution in [3.05, 3.63) is 36.0 Å². The molecule has 1 aromatic heterocycles. The number of nitrogens with two attached hydrogens (primary N) is 1. The third-order valence-electron chi connectivity index (χ3n) is 6.39. The number of hydrogen-bond acceptors (Lipinski definition) is 6. The molecule has 0 aliphatic rings. The van der Waals surface area contributed by atoms with Gasteiger partial charge in [0.05, 0.1) is 6.04 Å². The Hall–Kier alpha value is -3.93. The van der Waals surface area contributed by atoms with E-state index >= 15 is 0 Å². The van der Waals surface area contributed by atoms with Crippen LogP contribution in [0.2, 0.25) is 0 Å². The number of aromatic nitrogens is 1. The third-order valence-corrected chi connectivity index (χ3v) is 6.39. The maximum Gasteiger partial charge on any atom is 0.326 e. The summed E-state index contributed by atoms with van der Waals surface area (Å²) < 4.78 is 0. The van der Waals surface area contributed by atoms with Gasteiger partial charge in [0.15, 0.2) is 0 Å². The van der Waals surface area contributed by atoms with Gasteiger partial charge in [0, 0.05) is 23.5 Å². The minimum atomic E-state index is -1.43. The van der Waals surface area contributed by atoms with Gasteiger partial charge in [-0.15, -0.1) is 0 Å². The summed E-state index contributed by atoms with van der Waals surface area (Å²) in [5.74, 6) is -4.45. The molecule has 3 amide bonds. The van der Waals surface area contributed by atoms with E-state index in [0.29, 0.717) is 0 Å². The second kappa shape index (κ2) is 15.0. The van der Waals surface area contributed by atoms with Gasteiger partial charge >= 0.3 is 11.9 Å². The van der Waals surface area contributed by atoms with Crippen LogP contribution in [0.15, 0.2) is 30.5 Å². The average molecular weight is 560 g/mol. The van der Waals surface area contributed by atoms with Gasteiger partial charge in [-0.3, -0.25) is 19.2 Å². The zero-order valence-corrected chi connectivity index (χ0v) is 23.4. The molecule has 4 unspecified atom stereocenters. The van der Waals surface area contributed by atoms with E-state index in [4.69, 9.17) is 10.8 Å². The van der Waals surface area contributed by atoms with Crippen molar-refractivity contribution in [1.29, 1.82) is 0 Å². The first-order chi connectivity index (χ1) is 18.8. The fraction of sp³-hybridized carbons (Fsp3) is 0.536. The van der Waals surface area contributed by atoms with Crippen LogP contribution in [-0.4, -0.2) is 69.0 Å². The first-order valence-corrected chi connectivity index (χ1v) is 13.4. The summed E-state index contributed by atoms with van der Waals surface area (Å²) >= 11 is 0. The Labute approximate surface area is 233 Å². The molecule has 12 heteroatoms. The molecule has 1 aromatic carbocycles. The van der Waals surface area contributed by atoms with Gasteiger partial charge in [-0.25, -0.2) is 4.79 Å². The van der Waals surface area contributed by atoms with E-state index in [1.54, 1.807) is 6.20 Å². The monoisotopic (exact) mass is 559 g/mol. The first-order valence-electron chi connectivity index (χ1n) is 13.4. The van der Waals surface area contributed by atoms with E-state index in [1.807, 2.05) is 52.0 Å². The van der Waals surface area contributed by atoms with Crippen LogP contribution in [0.25, 0.3) is 10.9 Å². The van der Waals surface area contributed by atoms with E-state index in [9.17, 15) is 29.1 Å². The molecule has 4 atom stereocenters. The molecule has 40 heavy (non-hydrogen) atoms. The molecular formula is C28H41N5O7. The topological polar surface area (TPSA) is 204 Å². The van der Waals surface area contributed by atoms with E-state index in [1.165, 1.54) is 0 Å². The minimum Gasteiger partial charge on any atom is -0.481 e. The van der Waals surface area contributed by atoms with Crippen LogP contribution in [0.3, 0.4) is 0 Å². The largest absolute Gasteiger partial charge is 0.481 e. The van der Waals surface area contributed by atoms with Crippen molar-refractivity contribution < 1.29 is 34.2 Å². The van der Waals surface area contributed by atoms with Crippen molar-refractivity contribution in [2.75, 3.05) is 0 Å². The molecule has 0 aliphatic carbocycles. The van der Waals surface area contributed by atoms with Gasteiger partial charge in [-0.1, -0.05) is 45.9 Å². The number of amides is 3. The number of nitrogens with one attached hydrogen (secondary N) is 4. The molecule has 0 fully saturated rings. The molecular weight excluding hydrogens is 518 g/mol. The minimum absolute atomic E-state index is 0.0191. The highest BCUT2D eigenvalue weighted by Gasteiger charge is 2.31. The molecule has 8 N–H and O–H groups in total. The second-order valence-electron chi connectivity index (χ2n) is 10.9. The maximum atomic E-state index is 13.3. The summed E-state index contributed by atoms with van der Waals surface area (Å²) in [6.45, 7) is 7.44. The van der Waals surface area contributed by atoms with Crippen molar-refractivity contribution in [3.8, 4) is 0 Å².